The summed E-state index contributed by atoms with van der Waals surface area (Å²) < 4.78 is 1.78. The van der Waals surface area contributed by atoms with Crippen molar-refractivity contribution in [3.8, 4) is 5.69 Å². The van der Waals surface area contributed by atoms with Crippen molar-refractivity contribution in [1.82, 2.24) is 24.9 Å². The van der Waals surface area contributed by atoms with E-state index in [9.17, 15) is 4.79 Å². The average Bonchev–Trinajstić information content (AvgIpc) is 3.24. The van der Waals surface area contributed by atoms with Crippen LogP contribution in [-0.4, -0.2) is 43.9 Å². The van der Waals surface area contributed by atoms with Gasteiger partial charge < -0.3 is 4.90 Å². The Labute approximate surface area is 193 Å². The van der Waals surface area contributed by atoms with Crippen LogP contribution in [0.4, 0.5) is 0 Å². The van der Waals surface area contributed by atoms with Crippen molar-refractivity contribution in [3.63, 3.8) is 0 Å². The SMILES string of the molecule is Cc1c(C(=O)N2CCCC3(CCCc4ccccc43)C2)nnn1-c1cccc2cnccc12. The van der Waals surface area contributed by atoms with Crippen molar-refractivity contribution >= 4 is 16.7 Å². The minimum Gasteiger partial charge on any atom is -0.336 e. The predicted octanol–water partition coefficient (Wildman–Crippen LogP) is 4.63. The lowest BCUT2D eigenvalue weighted by atomic mass is 9.66. The van der Waals surface area contributed by atoms with E-state index in [4.69, 9.17) is 0 Å². The van der Waals surface area contributed by atoms with Crippen LogP contribution in [-0.2, 0) is 11.8 Å². The average molecular weight is 438 g/mol. The maximum absolute atomic E-state index is 13.7. The third-order valence-corrected chi connectivity index (χ3v) is 7.54. The van der Waals surface area contributed by atoms with Crippen LogP contribution in [0.1, 0.15) is 53.0 Å². The van der Waals surface area contributed by atoms with E-state index in [1.54, 1.807) is 10.9 Å². The first kappa shape index (κ1) is 20.1. The summed E-state index contributed by atoms with van der Waals surface area (Å²) in [7, 11) is 0. The Morgan fingerprint density at radius 1 is 1.03 bits per heavy atom. The minimum atomic E-state index is -0.0113. The van der Waals surface area contributed by atoms with Gasteiger partial charge >= 0.3 is 0 Å². The van der Waals surface area contributed by atoms with Crippen molar-refractivity contribution in [2.45, 2.75) is 44.4 Å². The van der Waals surface area contributed by atoms with E-state index >= 15 is 0 Å². The highest BCUT2D eigenvalue weighted by Gasteiger charge is 2.42. The number of piperidine rings is 1. The maximum atomic E-state index is 13.7. The van der Waals surface area contributed by atoms with Gasteiger partial charge in [-0.05, 0) is 62.3 Å². The summed E-state index contributed by atoms with van der Waals surface area (Å²) in [4.78, 5) is 19.9. The van der Waals surface area contributed by atoms with Gasteiger partial charge in [0.1, 0.15) is 0 Å². The molecule has 166 valence electrons. The summed E-state index contributed by atoms with van der Waals surface area (Å²) in [6.45, 7) is 3.47. The number of nitrogens with zero attached hydrogens (tertiary/aromatic N) is 5. The van der Waals surface area contributed by atoms with Crippen LogP contribution in [0.2, 0.25) is 0 Å². The van der Waals surface area contributed by atoms with E-state index < -0.39 is 0 Å². The number of likely N-dealkylation sites (tertiary alicyclic amines) is 1. The van der Waals surface area contributed by atoms with Crippen LogP contribution in [0.15, 0.2) is 60.9 Å². The molecule has 0 bridgehead atoms. The van der Waals surface area contributed by atoms with E-state index in [0.717, 1.165) is 60.9 Å². The molecule has 1 spiro atoms. The molecule has 33 heavy (non-hydrogen) atoms. The van der Waals surface area contributed by atoms with Gasteiger partial charge in [-0.1, -0.05) is 41.6 Å². The third-order valence-electron chi connectivity index (χ3n) is 7.54. The van der Waals surface area contributed by atoms with Gasteiger partial charge in [0.2, 0.25) is 0 Å². The number of fused-ring (bicyclic) bond motifs is 3. The molecule has 2 aromatic carbocycles. The van der Waals surface area contributed by atoms with Crippen LogP contribution in [0.3, 0.4) is 0 Å². The molecule has 1 unspecified atom stereocenters. The molecule has 1 atom stereocenters. The van der Waals surface area contributed by atoms with E-state index in [2.05, 4.69) is 39.6 Å². The molecule has 0 N–H and O–H groups in total. The lowest BCUT2D eigenvalue weighted by Crippen LogP contribution is -2.50. The third kappa shape index (κ3) is 3.24. The Kier molecular flexibility index (Phi) is 4.75. The molecule has 1 aliphatic carbocycles. The molecule has 6 heteroatoms. The first-order valence-corrected chi connectivity index (χ1v) is 11.8. The molecule has 1 aliphatic heterocycles. The molecule has 1 fully saturated rings. The molecule has 2 aliphatic rings. The van der Waals surface area contributed by atoms with Gasteiger partial charge in [0.25, 0.3) is 5.91 Å². The second-order valence-electron chi connectivity index (χ2n) is 9.43. The number of pyridine rings is 1. The van der Waals surface area contributed by atoms with Crippen molar-refractivity contribution in [3.05, 3.63) is 83.4 Å². The molecule has 3 heterocycles. The summed E-state index contributed by atoms with van der Waals surface area (Å²) in [5.74, 6) is -0.0113. The van der Waals surface area contributed by atoms with Crippen molar-refractivity contribution in [1.29, 1.82) is 0 Å². The van der Waals surface area contributed by atoms with Gasteiger partial charge in [0.05, 0.1) is 11.4 Å². The highest BCUT2D eigenvalue weighted by molar-refractivity contribution is 5.94. The fourth-order valence-corrected chi connectivity index (χ4v) is 5.93. The second kappa shape index (κ2) is 7.80. The molecule has 0 saturated carbocycles. The van der Waals surface area contributed by atoms with Gasteiger partial charge in [-0.2, -0.15) is 0 Å². The summed E-state index contributed by atoms with van der Waals surface area (Å²) in [6.07, 6.45) is 9.24. The summed E-state index contributed by atoms with van der Waals surface area (Å²) in [5.41, 5.74) is 5.09. The lowest BCUT2D eigenvalue weighted by molar-refractivity contribution is 0.0610. The van der Waals surface area contributed by atoms with E-state index in [-0.39, 0.29) is 11.3 Å². The molecule has 2 aromatic heterocycles. The molecule has 0 radical (unpaired) electrons. The topological polar surface area (TPSA) is 63.9 Å². The first-order chi connectivity index (χ1) is 16.2. The van der Waals surface area contributed by atoms with Crippen molar-refractivity contribution < 1.29 is 4.79 Å². The lowest BCUT2D eigenvalue weighted by Gasteiger charge is -2.46. The second-order valence-corrected chi connectivity index (χ2v) is 9.43. The highest BCUT2D eigenvalue weighted by Crippen LogP contribution is 2.43. The van der Waals surface area contributed by atoms with E-state index in [0.29, 0.717) is 5.69 Å². The van der Waals surface area contributed by atoms with Crippen LogP contribution in [0.25, 0.3) is 16.5 Å². The van der Waals surface area contributed by atoms with E-state index in [1.807, 2.05) is 42.3 Å². The molecule has 4 aromatic rings. The molecule has 6 nitrogen and oxygen atoms in total. The van der Waals surface area contributed by atoms with Gasteiger partial charge in [-0.15, -0.1) is 5.10 Å². The number of benzene rings is 2. The number of aromatic nitrogens is 4. The minimum absolute atomic E-state index is 0.0113. The van der Waals surface area contributed by atoms with Crippen LogP contribution >= 0.6 is 0 Å². The van der Waals surface area contributed by atoms with Gasteiger partial charge in [0.15, 0.2) is 5.69 Å². The Morgan fingerprint density at radius 3 is 2.85 bits per heavy atom. The van der Waals surface area contributed by atoms with Crippen molar-refractivity contribution in [2.75, 3.05) is 13.1 Å². The Bertz CT molecular complexity index is 1350. The monoisotopic (exact) mass is 437 g/mol. The number of aryl methyl sites for hydroxylation is 1. The number of rotatable bonds is 2. The first-order valence-electron chi connectivity index (χ1n) is 11.8. The van der Waals surface area contributed by atoms with Gasteiger partial charge in [-0.3, -0.25) is 9.78 Å². The van der Waals surface area contributed by atoms with E-state index in [1.165, 1.54) is 17.5 Å². The largest absolute Gasteiger partial charge is 0.336 e. The maximum Gasteiger partial charge on any atom is 0.276 e. The number of hydrogen-bond acceptors (Lipinski definition) is 4. The fraction of sp³-hybridized carbons (Fsp3) is 0.333. The molecular weight excluding hydrogens is 410 g/mol. The zero-order chi connectivity index (χ0) is 22.4. The normalized spacial score (nSPS) is 20.2. The summed E-state index contributed by atoms with van der Waals surface area (Å²) >= 11 is 0. The van der Waals surface area contributed by atoms with Crippen molar-refractivity contribution in [2.24, 2.45) is 0 Å². The molecular formula is C27H27N5O. The number of carbonyl (C=O) groups excluding carboxylic acids is 1. The van der Waals surface area contributed by atoms with Crippen LogP contribution < -0.4 is 0 Å². The Balaban J connectivity index is 1.33. The highest BCUT2D eigenvalue weighted by atomic mass is 16.2. The van der Waals surface area contributed by atoms with Gasteiger partial charge in [-0.25, -0.2) is 4.68 Å². The van der Waals surface area contributed by atoms with Crippen LogP contribution in [0.5, 0.6) is 0 Å². The fourth-order valence-electron chi connectivity index (χ4n) is 5.93. The molecule has 1 amide bonds. The smallest absolute Gasteiger partial charge is 0.276 e. The Hall–Kier alpha value is -3.54. The van der Waals surface area contributed by atoms with Crippen LogP contribution in [0, 0.1) is 6.92 Å². The standard InChI is InChI=1S/C27H27N5O/c1-19-25(29-30-32(19)24-11-4-8-21-17-28-15-12-22(21)24)26(33)31-16-6-14-27(18-31)13-5-9-20-7-2-3-10-23(20)27/h2-4,7-8,10-12,15,17H,5-6,9,13-14,16,18H2,1H3. The zero-order valence-corrected chi connectivity index (χ0v) is 18.9. The molecule has 6 rings (SSSR count). The van der Waals surface area contributed by atoms with Gasteiger partial charge in [0, 0.05) is 41.7 Å². The molecule has 1 saturated heterocycles. The Morgan fingerprint density at radius 2 is 1.91 bits per heavy atom. The number of carbonyl (C=O) groups is 1. The quantitative estimate of drug-likeness (QED) is 0.459. The number of amides is 1. The summed E-state index contributed by atoms with van der Waals surface area (Å²) in [5, 5.41) is 10.8. The number of hydrogen-bond donors (Lipinski definition) is 0. The summed E-state index contributed by atoms with van der Waals surface area (Å²) in [6, 6.07) is 16.8. The predicted molar refractivity (Wildman–Crippen MR) is 128 cm³/mol. The zero-order valence-electron chi connectivity index (χ0n) is 18.9.